The molecule has 0 spiro atoms. The van der Waals surface area contributed by atoms with Crippen LogP contribution in [0.3, 0.4) is 0 Å². The number of aromatic nitrogens is 1. The van der Waals surface area contributed by atoms with E-state index in [-0.39, 0.29) is 5.82 Å². The van der Waals surface area contributed by atoms with Gasteiger partial charge in [0.15, 0.2) is 0 Å². The number of pyridine rings is 1. The number of rotatable bonds is 4. The summed E-state index contributed by atoms with van der Waals surface area (Å²) >= 11 is 0. The molecule has 0 fully saturated rings. The lowest BCUT2D eigenvalue weighted by atomic mass is 10.2. The number of nitrogen functional groups attached to an aromatic ring is 1. The molecule has 2 rings (SSSR count). The van der Waals surface area contributed by atoms with E-state index in [1.807, 2.05) is 6.92 Å². The van der Waals surface area contributed by atoms with E-state index in [9.17, 15) is 4.39 Å². The van der Waals surface area contributed by atoms with Gasteiger partial charge in [-0.25, -0.2) is 4.39 Å². The second-order valence-electron chi connectivity index (χ2n) is 3.99. The molecule has 0 radical (unpaired) electrons. The van der Waals surface area contributed by atoms with Crippen LogP contribution in [0, 0.1) is 12.7 Å². The van der Waals surface area contributed by atoms with E-state index < -0.39 is 0 Å². The molecule has 0 aliphatic rings. The summed E-state index contributed by atoms with van der Waals surface area (Å²) in [5.74, 6) is 0.925. The van der Waals surface area contributed by atoms with Crippen molar-refractivity contribution in [3.05, 3.63) is 41.7 Å². The van der Waals surface area contributed by atoms with Gasteiger partial charge < -0.3 is 15.2 Å². The van der Waals surface area contributed by atoms with Crippen molar-refractivity contribution in [2.45, 2.75) is 13.8 Å². The van der Waals surface area contributed by atoms with Crippen LogP contribution in [-0.2, 0) is 0 Å². The van der Waals surface area contributed by atoms with E-state index in [0.29, 0.717) is 35.4 Å². The topological polar surface area (TPSA) is 57.4 Å². The summed E-state index contributed by atoms with van der Waals surface area (Å²) in [6.45, 7) is 3.98. The Kier molecular flexibility index (Phi) is 3.85. The van der Waals surface area contributed by atoms with Crippen LogP contribution in [-0.4, -0.2) is 11.6 Å². The maximum atomic E-state index is 13.1. The number of hydrogen-bond donors (Lipinski definition) is 1. The number of halogens is 1. The average Bonchev–Trinajstić information content (AvgIpc) is 2.38. The minimum Gasteiger partial charge on any atom is -0.476 e. The first-order valence-corrected chi connectivity index (χ1v) is 5.93. The molecule has 19 heavy (non-hydrogen) atoms. The van der Waals surface area contributed by atoms with Gasteiger partial charge in [-0.1, -0.05) is 0 Å². The Bertz CT molecular complexity index is 588. The molecule has 100 valence electrons. The second kappa shape index (κ2) is 5.56. The van der Waals surface area contributed by atoms with Gasteiger partial charge in [-0.05, 0) is 43.7 Å². The molecule has 5 heteroatoms. The van der Waals surface area contributed by atoms with Gasteiger partial charge in [-0.15, -0.1) is 0 Å². The quantitative estimate of drug-likeness (QED) is 0.918. The molecular formula is C14H15FN2O2. The standard InChI is InChI=1S/C14H15FN2O2/c1-3-18-14-12(16)6-7-13(17-14)19-10-4-5-11(15)9(2)8-10/h4-8H,3,16H2,1-2H3. The number of anilines is 1. The first-order chi connectivity index (χ1) is 9.10. The van der Waals surface area contributed by atoms with Crippen molar-refractivity contribution in [2.24, 2.45) is 0 Å². The average molecular weight is 262 g/mol. The monoisotopic (exact) mass is 262 g/mol. The number of nitrogens with two attached hydrogens (primary N) is 1. The summed E-state index contributed by atoms with van der Waals surface area (Å²) in [4.78, 5) is 4.15. The summed E-state index contributed by atoms with van der Waals surface area (Å²) in [6.07, 6.45) is 0. The van der Waals surface area contributed by atoms with Crippen molar-refractivity contribution in [3.8, 4) is 17.5 Å². The molecule has 0 atom stereocenters. The van der Waals surface area contributed by atoms with E-state index in [4.69, 9.17) is 15.2 Å². The third kappa shape index (κ3) is 3.13. The Morgan fingerprint density at radius 1 is 1.26 bits per heavy atom. The zero-order chi connectivity index (χ0) is 13.8. The van der Waals surface area contributed by atoms with Crippen LogP contribution in [0.25, 0.3) is 0 Å². The first kappa shape index (κ1) is 13.1. The fourth-order valence-electron chi connectivity index (χ4n) is 1.54. The lowest BCUT2D eigenvalue weighted by molar-refractivity contribution is 0.323. The van der Waals surface area contributed by atoms with Crippen LogP contribution in [0.4, 0.5) is 10.1 Å². The lowest BCUT2D eigenvalue weighted by Gasteiger charge is -2.09. The molecule has 0 saturated carbocycles. The summed E-state index contributed by atoms with van der Waals surface area (Å²) in [7, 11) is 0. The Balaban J connectivity index is 2.22. The van der Waals surface area contributed by atoms with Gasteiger partial charge in [0.25, 0.3) is 0 Å². The Morgan fingerprint density at radius 3 is 2.74 bits per heavy atom. The highest BCUT2D eigenvalue weighted by molar-refractivity contribution is 5.49. The molecule has 0 amide bonds. The van der Waals surface area contributed by atoms with E-state index in [0.717, 1.165) is 0 Å². The van der Waals surface area contributed by atoms with Gasteiger partial charge in [0.1, 0.15) is 11.6 Å². The number of nitrogens with zero attached hydrogens (tertiary/aromatic N) is 1. The van der Waals surface area contributed by atoms with E-state index in [2.05, 4.69) is 4.98 Å². The first-order valence-electron chi connectivity index (χ1n) is 5.93. The zero-order valence-electron chi connectivity index (χ0n) is 10.8. The predicted octanol–water partition coefficient (Wildman–Crippen LogP) is 3.30. The van der Waals surface area contributed by atoms with Crippen LogP contribution < -0.4 is 15.2 Å². The van der Waals surface area contributed by atoms with Gasteiger partial charge in [0.2, 0.25) is 11.8 Å². The second-order valence-corrected chi connectivity index (χ2v) is 3.99. The van der Waals surface area contributed by atoms with Gasteiger partial charge in [-0.3, -0.25) is 0 Å². The molecule has 0 saturated heterocycles. The Morgan fingerprint density at radius 2 is 2.05 bits per heavy atom. The molecule has 4 nitrogen and oxygen atoms in total. The largest absolute Gasteiger partial charge is 0.476 e. The number of hydrogen-bond acceptors (Lipinski definition) is 4. The lowest BCUT2D eigenvalue weighted by Crippen LogP contribution is -2.00. The molecule has 1 heterocycles. The summed E-state index contributed by atoms with van der Waals surface area (Å²) in [5.41, 5.74) is 6.68. The third-order valence-corrected chi connectivity index (χ3v) is 2.50. The molecule has 2 N–H and O–H groups in total. The maximum absolute atomic E-state index is 13.1. The van der Waals surface area contributed by atoms with Crippen LogP contribution in [0.15, 0.2) is 30.3 Å². The number of aryl methyl sites for hydroxylation is 1. The van der Waals surface area contributed by atoms with Crippen molar-refractivity contribution in [1.82, 2.24) is 4.98 Å². The molecule has 1 aromatic carbocycles. The van der Waals surface area contributed by atoms with Crippen LogP contribution in [0.1, 0.15) is 12.5 Å². The van der Waals surface area contributed by atoms with Gasteiger partial charge in [0.05, 0.1) is 12.3 Å². The van der Waals surface area contributed by atoms with Crippen LogP contribution >= 0.6 is 0 Å². The van der Waals surface area contributed by atoms with Crippen molar-refractivity contribution < 1.29 is 13.9 Å². The smallest absolute Gasteiger partial charge is 0.240 e. The minimum atomic E-state index is -0.271. The molecule has 1 aromatic heterocycles. The molecular weight excluding hydrogens is 247 g/mol. The van der Waals surface area contributed by atoms with E-state index in [1.165, 1.54) is 6.07 Å². The molecule has 0 unspecified atom stereocenters. The third-order valence-electron chi connectivity index (χ3n) is 2.50. The van der Waals surface area contributed by atoms with Crippen molar-refractivity contribution in [2.75, 3.05) is 12.3 Å². The Labute approximate surface area is 111 Å². The number of benzene rings is 1. The van der Waals surface area contributed by atoms with Crippen molar-refractivity contribution >= 4 is 5.69 Å². The van der Waals surface area contributed by atoms with Gasteiger partial charge in [0, 0.05) is 6.07 Å². The van der Waals surface area contributed by atoms with Crippen LogP contribution in [0.5, 0.6) is 17.5 Å². The SMILES string of the molecule is CCOc1nc(Oc2ccc(F)c(C)c2)ccc1N. The Hall–Kier alpha value is -2.30. The normalized spacial score (nSPS) is 10.3. The maximum Gasteiger partial charge on any atom is 0.240 e. The van der Waals surface area contributed by atoms with E-state index >= 15 is 0 Å². The molecule has 2 aromatic rings. The highest BCUT2D eigenvalue weighted by Crippen LogP contribution is 2.26. The number of ether oxygens (including phenoxy) is 2. The van der Waals surface area contributed by atoms with E-state index in [1.54, 1.807) is 31.2 Å². The van der Waals surface area contributed by atoms with Gasteiger partial charge >= 0.3 is 0 Å². The van der Waals surface area contributed by atoms with Gasteiger partial charge in [-0.2, -0.15) is 4.98 Å². The molecule has 0 aliphatic carbocycles. The molecule has 0 bridgehead atoms. The minimum absolute atomic E-state index is 0.271. The zero-order valence-corrected chi connectivity index (χ0v) is 10.8. The highest BCUT2D eigenvalue weighted by atomic mass is 19.1. The highest BCUT2D eigenvalue weighted by Gasteiger charge is 2.06. The summed E-state index contributed by atoms with van der Waals surface area (Å²) < 4.78 is 24.0. The predicted molar refractivity (Wildman–Crippen MR) is 71.0 cm³/mol. The van der Waals surface area contributed by atoms with Crippen molar-refractivity contribution in [1.29, 1.82) is 0 Å². The molecule has 0 aliphatic heterocycles. The van der Waals surface area contributed by atoms with Crippen LogP contribution in [0.2, 0.25) is 0 Å². The van der Waals surface area contributed by atoms with Crippen molar-refractivity contribution in [3.63, 3.8) is 0 Å². The fourth-order valence-corrected chi connectivity index (χ4v) is 1.54. The summed E-state index contributed by atoms with van der Waals surface area (Å²) in [6, 6.07) is 7.79. The fraction of sp³-hybridized carbons (Fsp3) is 0.214. The summed E-state index contributed by atoms with van der Waals surface area (Å²) in [5, 5.41) is 0.